The Labute approximate surface area is 174 Å². The first kappa shape index (κ1) is 18.9. The molecule has 1 atom stereocenters. The number of hydrogen-bond donors (Lipinski definition) is 1. The summed E-state index contributed by atoms with van der Waals surface area (Å²) in [5.74, 6) is 1.87. The Morgan fingerprint density at radius 2 is 1.93 bits per heavy atom. The van der Waals surface area contributed by atoms with E-state index in [0.717, 1.165) is 33.8 Å². The van der Waals surface area contributed by atoms with Crippen LogP contribution in [0.2, 0.25) is 0 Å². The topological polar surface area (TPSA) is 69.6 Å². The van der Waals surface area contributed by atoms with Gasteiger partial charge in [0.2, 0.25) is 0 Å². The normalized spacial score (nSPS) is 19.6. The first-order valence-electron chi connectivity index (χ1n) is 10.4. The molecular weight excluding hydrogens is 377 g/mol. The van der Waals surface area contributed by atoms with Crippen molar-refractivity contribution in [2.24, 2.45) is 17.6 Å². The Morgan fingerprint density at radius 3 is 2.73 bits per heavy atom. The molecule has 5 rings (SSSR count). The molecule has 0 spiro atoms. The molecule has 0 aliphatic heterocycles. The van der Waals surface area contributed by atoms with E-state index in [0.29, 0.717) is 17.4 Å². The van der Waals surface area contributed by atoms with Crippen molar-refractivity contribution in [3.63, 3.8) is 0 Å². The molecule has 5 nitrogen and oxygen atoms in total. The van der Waals surface area contributed by atoms with E-state index in [1.54, 1.807) is 23.0 Å². The zero-order chi connectivity index (χ0) is 20.7. The predicted molar refractivity (Wildman–Crippen MR) is 116 cm³/mol. The van der Waals surface area contributed by atoms with Crippen molar-refractivity contribution in [2.75, 3.05) is 0 Å². The minimum atomic E-state index is -0.602. The lowest BCUT2D eigenvalue weighted by molar-refractivity contribution is 0.176. The van der Waals surface area contributed by atoms with E-state index in [4.69, 9.17) is 10.7 Å². The maximum absolute atomic E-state index is 13.0. The van der Waals surface area contributed by atoms with E-state index < -0.39 is 6.67 Å². The van der Waals surface area contributed by atoms with Gasteiger partial charge >= 0.3 is 0 Å². The highest BCUT2D eigenvalue weighted by atomic mass is 19.1. The van der Waals surface area contributed by atoms with Crippen LogP contribution in [-0.2, 0) is 6.67 Å². The summed E-state index contributed by atoms with van der Waals surface area (Å²) in [4.78, 5) is 9.23. The van der Waals surface area contributed by atoms with Gasteiger partial charge in [-0.3, -0.25) is 4.98 Å². The molecule has 2 N–H and O–H groups in total. The van der Waals surface area contributed by atoms with Crippen LogP contribution >= 0.6 is 0 Å². The van der Waals surface area contributed by atoms with Crippen LogP contribution in [0.25, 0.3) is 28.0 Å². The van der Waals surface area contributed by atoms with Gasteiger partial charge in [-0.2, -0.15) is 5.10 Å². The van der Waals surface area contributed by atoms with Crippen molar-refractivity contribution in [3.05, 3.63) is 72.2 Å². The van der Waals surface area contributed by atoms with Gasteiger partial charge in [0.1, 0.15) is 6.67 Å². The number of nitrogens with zero attached hydrogens (tertiary/aromatic N) is 4. The van der Waals surface area contributed by atoms with Crippen LogP contribution in [-0.4, -0.2) is 19.7 Å². The van der Waals surface area contributed by atoms with Gasteiger partial charge in [-0.05, 0) is 55.0 Å². The maximum atomic E-state index is 13.0. The number of rotatable bonds is 5. The second kappa shape index (κ2) is 7.61. The quantitative estimate of drug-likeness (QED) is 0.511. The lowest BCUT2D eigenvalue weighted by Crippen LogP contribution is -2.32. The number of alkyl halides is 1. The van der Waals surface area contributed by atoms with E-state index in [2.05, 4.69) is 23.1 Å². The molecule has 0 saturated heterocycles. The average molecular weight is 401 g/mol. The van der Waals surface area contributed by atoms with E-state index in [9.17, 15) is 4.39 Å². The summed E-state index contributed by atoms with van der Waals surface area (Å²) in [7, 11) is 0. The highest BCUT2D eigenvalue weighted by Gasteiger charge is 2.31. The molecule has 1 saturated carbocycles. The third kappa shape index (κ3) is 3.37. The monoisotopic (exact) mass is 401 g/mol. The molecule has 1 aromatic carbocycles. The summed E-state index contributed by atoms with van der Waals surface area (Å²) >= 11 is 0. The van der Waals surface area contributed by atoms with Gasteiger partial charge in [-0.15, -0.1) is 0 Å². The van der Waals surface area contributed by atoms with E-state index in [1.165, 1.54) is 12.8 Å². The lowest BCUT2D eigenvalue weighted by atomic mass is 9.71. The van der Waals surface area contributed by atoms with Gasteiger partial charge in [0, 0.05) is 17.0 Å². The fraction of sp³-hybridized carbons (Fsp3) is 0.292. The Balaban J connectivity index is 1.52. The number of benzene rings is 1. The molecule has 3 aromatic heterocycles. The van der Waals surface area contributed by atoms with Gasteiger partial charge in [0.25, 0.3) is 0 Å². The van der Waals surface area contributed by atoms with Gasteiger partial charge < -0.3 is 5.73 Å². The third-order valence-electron chi connectivity index (χ3n) is 6.04. The zero-order valence-electron chi connectivity index (χ0n) is 16.9. The van der Waals surface area contributed by atoms with Crippen LogP contribution in [0, 0.1) is 11.8 Å². The molecule has 0 unspecified atom stereocenters. The first-order valence-corrected chi connectivity index (χ1v) is 10.4. The molecule has 0 amide bonds. The van der Waals surface area contributed by atoms with Crippen molar-refractivity contribution in [1.82, 2.24) is 19.7 Å². The molecule has 1 fully saturated rings. The molecule has 3 heterocycles. The number of nitrogens with two attached hydrogens (primary N) is 1. The average Bonchev–Trinajstić information content (AvgIpc) is 3.20. The maximum Gasteiger partial charge on any atom is 0.154 e. The molecule has 152 valence electrons. The lowest BCUT2D eigenvalue weighted by Gasteiger charge is -2.36. The van der Waals surface area contributed by atoms with Crippen molar-refractivity contribution in [1.29, 1.82) is 0 Å². The fourth-order valence-electron chi connectivity index (χ4n) is 4.32. The highest BCUT2D eigenvalue weighted by molar-refractivity contribution is 5.84. The molecule has 4 aromatic rings. The number of halogens is 1. The minimum Gasteiger partial charge on any atom is -0.322 e. The largest absolute Gasteiger partial charge is 0.322 e. The van der Waals surface area contributed by atoms with Gasteiger partial charge in [0.05, 0.1) is 28.8 Å². The Bertz CT molecular complexity index is 1200. The van der Waals surface area contributed by atoms with Crippen molar-refractivity contribution in [3.8, 4) is 17.1 Å². The number of hydrogen-bond acceptors (Lipinski definition) is 4. The van der Waals surface area contributed by atoms with E-state index in [-0.39, 0.29) is 6.04 Å². The Hall–Kier alpha value is -3.12. The van der Waals surface area contributed by atoms with Crippen LogP contribution in [0.3, 0.4) is 0 Å². The Morgan fingerprint density at radius 1 is 1.10 bits per heavy atom. The van der Waals surface area contributed by atoms with Gasteiger partial charge in [-0.25, -0.2) is 14.1 Å². The summed E-state index contributed by atoms with van der Waals surface area (Å²) in [5, 5.41) is 5.45. The van der Waals surface area contributed by atoms with Crippen LogP contribution in [0.15, 0.2) is 60.8 Å². The molecule has 1 aliphatic rings. The molecule has 0 radical (unpaired) electrons. The molecular formula is C24H24FN5. The van der Waals surface area contributed by atoms with Crippen molar-refractivity contribution in [2.45, 2.75) is 32.5 Å². The summed E-state index contributed by atoms with van der Waals surface area (Å²) in [6.45, 7) is 1.67. The van der Waals surface area contributed by atoms with E-state index >= 15 is 0 Å². The van der Waals surface area contributed by atoms with Crippen LogP contribution in [0.4, 0.5) is 4.39 Å². The predicted octanol–water partition coefficient (Wildman–Crippen LogP) is 5.00. The van der Waals surface area contributed by atoms with E-state index in [1.807, 2.05) is 36.4 Å². The summed E-state index contributed by atoms with van der Waals surface area (Å²) in [5.41, 5.74) is 10.6. The number of aromatic nitrogens is 4. The number of pyridine rings is 2. The zero-order valence-corrected chi connectivity index (χ0v) is 16.9. The SMILES string of the molecule is CC1CC([C@H](N)c2cccc(-c3ccc4cnn(-c5cccc(CF)n5)c4c3)n2)C1. The second-order valence-electron chi connectivity index (χ2n) is 8.26. The second-order valence-corrected chi connectivity index (χ2v) is 8.26. The smallest absolute Gasteiger partial charge is 0.154 e. The fourth-order valence-corrected chi connectivity index (χ4v) is 4.32. The minimum absolute atomic E-state index is 0.0250. The van der Waals surface area contributed by atoms with Crippen LogP contribution in [0.1, 0.15) is 37.2 Å². The summed E-state index contributed by atoms with van der Waals surface area (Å²) in [6.07, 6.45) is 4.13. The molecule has 1 aliphatic carbocycles. The molecule has 6 heteroatoms. The summed E-state index contributed by atoms with van der Waals surface area (Å²) in [6, 6.07) is 17.4. The van der Waals surface area contributed by atoms with Gasteiger partial charge in [-0.1, -0.05) is 31.2 Å². The standard InChI is InChI=1S/C24H24FN5/c1-15-10-18(11-15)24(26)21-6-3-5-20(29-21)16-8-9-17-14-27-30(22(17)12-16)23-7-2-4-19(13-25)28-23/h2-9,12,14-15,18,24H,10-11,13,26H2,1H3/t15?,18?,24-/m0/s1. The van der Waals surface area contributed by atoms with Crippen LogP contribution in [0.5, 0.6) is 0 Å². The van der Waals surface area contributed by atoms with Crippen molar-refractivity contribution < 1.29 is 4.39 Å². The van der Waals surface area contributed by atoms with Crippen LogP contribution < -0.4 is 5.73 Å². The molecule has 30 heavy (non-hydrogen) atoms. The van der Waals surface area contributed by atoms with Gasteiger partial charge in [0.15, 0.2) is 5.82 Å². The highest BCUT2D eigenvalue weighted by Crippen LogP contribution is 2.40. The number of fused-ring (bicyclic) bond motifs is 1. The third-order valence-corrected chi connectivity index (χ3v) is 6.04. The Kier molecular flexibility index (Phi) is 4.79. The molecule has 0 bridgehead atoms. The van der Waals surface area contributed by atoms with Crippen molar-refractivity contribution >= 4 is 10.9 Å². The summed E-state index contributed by atoms with van der Waals surface area (Å²) < 4.78 is 14.8. The first-order chi connectivity index (χ1) is 14.6.